The fourth-order valence-electron chi connectivity index (χ4n) is 2.71. The third-order valence-corrected chi connectivity index (χ3v) is 5.95. The average molecular weight is 315 g/mol. The summed E-state index contributed by atoms with van der Waals surface area (Å²) in [7, 11) is -0.586. The fourth-order valence-corrected chi connectivity index (χ4v) is 4.51. The number of amides is 1. The van der Waals surface area contributed by atoms with Crippen molar-refractivity contribution in [2.24, 2.45) is 13.0 Å². The molecule has 21 heavy (non-hydrogen) atoms. The number of aryl methyl sites for hydroxylation is 1. The van der Waals surface area contributed by atoms with Gasteiger partial charge in [-0.25, -0.2) is 8.42 Å². The molecule has 7 nitrogen and oxygen atoms in total. The van der Waals surface area contributed by atoms with Crippen molar-refractivity contribution in [2.45, 2.75) is 24.3 Å². The van der Waals surface area contributed by atoms with Gasteiger partial charge in [-0.05, 0) is 18.4 Å². The molecule has 1 aliphatic rings. The molecule has 2 rings (SSSR count). The number of rotatable bonds is 4. The van der Waals surface area contributed by atoms with Crippen LogP contribution in [0.1, 0.15) is 23.8 Å². The van der Waals surface area contributed by atoms with Crippen molar-refractivity contribution in [3.63, 3.8) is 0 Å². The molecule has 1 aromatic heterocycles. The molecule has 8 heteroatoms. The van der Waals surface area contributed by atoms with Gasteiger partial charge in [0, 0.05) is 26.8 Å². The SMILES string of the molecule is CNC(=O)c1cc(S(=O)(=O)N2CCC(C)C2CO)cn1C. The predicted octanol–water partition coefficient (Wildman–Crippen LogP) is -0.224. The van der Waals surface area contributed by atoms with Gasteiger partial charge < -0.3 is 15.0 Å². The minimum Gasteiger partial charge on any atom is -0.395 e. The Morgan fingerprint density at radius 3 is 2.76 bits per heavy atom. The molecule has 1 fully saturated rings. The maximum atomic E-state index is 12.7. The molecule has 1 amide bonds. The van der Waals surface area contributed by atoms with E-state index in [0.717, 1.165) is 6.42 Å². The highest BCUT2D eigenvalue weighted by Gasteiger charge is 2.39. The normalized spacial score (nSPS) is 23.4. The molecule has 0 spiro atoms. The van der Waals surface area contributed by atoms with Crippen LogP contribution in [-0.4, -0.2) is 54.5 Å². The third kappa shape index (κ3) is 2.70. The summed E-state index contributed by atoms with van der Waals surface area (Å²) in [6, 6.07) is 0.963. The summed E-state index contributed by atoms with van der Waals surface area (Å²) >= 11 is 0. The number of aliphatic hydroxyl groups excluding tert-OH is 1. The van der Waals surface area contributed by atoms with Crippen molar-refractivity contribution in [1.82, 2.24) is 14.2 Å². The lowest BCUT2D eigenvalue weighted by atomic mass is 10.0. The van der Waals surface area contributed by atoms with Crippen molar-refractivity contribution in [3.05, 3.63) is 18.0 Å². The zero-order valence-corrected chi connectivity index (χ0v) is 13.2. The van der Waals surface area contributed by atoms with E-state index in [4.69, 9.17) is 0 Å². The number of aromatic nitrogens is 1. The van der Waals surface area contributed by atoms with Crippen LogP contribution in [0, 0.1) is 5.92 Å². The summed E-state index contributed by atoms with van der Waals surface area (Å²) in [6.45, 7) is 2.12. The van der Waals surface area contributed by atoms with E-state index < -0.39 is 16.1 Å². The molecule has 1 aromatic rings. The third-order valence-electron chi connectivity index (χ3n) is 4.06. The van der Waals surface area contributed by atoms with Gasteiger partial charge in [0.25, 0.3) is 5.91 Å². The number of hydrogen-bond acceptors (Lipinski definition) is 4. The first kappa shape index (κ1) is 16.0. The largest absolute Gasteiger partial charge is 0.395 e. The molecule has 1 saturated heterocycles. The first-order valence-electron chi connectivity index (χ1n) is 6.84. The Morgan fingerprint density at radius 1 is 1.52 bits per heavy atom. The highest BCUT2D eigenvalue weighted by Crippen LogP contribution is 2.30. The van der Waals surface area contributed by atoms with Crippen LogP contribution in [-0.2, 0) is 17.1 Å². The minimum absolute atomic E-state index is 0.0798. The van der Waals surface area contributed by atoms with E-state index in [1.807, 2.05) is 6.92 Å². The second-order valence-electron chi connectivity index (χ2n) is 5.38. The van der Waals surface area contributed by atoms with Crippen molar-refractivity contribution >= 4 is 15.9 Å². The number of nitrogens with one attached hydrogen (secondary N) is 1. The molecule has 0 saturated carbocycles. The Labute approximate surface area is 124 Å². The van der Waals surface area contributed by atoms with Gasteiger partial charge in [0.2, 0.25) is 10.0 Å². The van der Waals surface area contributed by atoms with Crippen molar-refractivity contribution < 1.29 is 18.3 Å². The van der Waals surface area contributed by atoms with E-state index in [0.29, 0.717) is 6.54 Å². The molecular formula is C13H21N3O4S. The second kappa shape index (κ2) is 5.78. The van der Waals surface area contributed by atoms with Crippen LogP contribution < -0.4 is 5.32 Å². The molecule has 2 unspecified atom stereocenters. The van der Waals surface area contributed by atoms with Gasteiger partial charge in [0.05, 0.1) is 12.6 Å². The summed E-state index contributed by atoms with van der Waals surface area (Å²) in [5, 5.41) is 11.9. The maximum Gasteiger partial charge on any atom is 0.267 e. The number of sulfonamides is 1. The predicted molar refractivity (Wildman–Crippen MR) is 77.3 cm³/mol. The van der Waals surface area contributed by atoms with E-state index in [2.05, 4.69) is 5.32 Å². The van der Waals surface area contributed by atoms with Gasteiger partial charge in [-0.3, -0.25) is 4.79 Å². The van der Waals surface area contributed by atoms with Crippen LogP contribution in [0.25, 0.3) is 0 Å². The summed E-state index contributed by atoms with van der Waals surface area (Å²) in [4.78, 5) is 11.8. The van der Waals surface area contributed by atoms with Gasteiger partial charge in [-0.2, -0.15) is 4.31 Å². The van der Waals surface area contributed by atoms with Crippen LogP contribution in [0.2, 0.25) is 0 Å². The van der Waals surface area contributed by atoms with Gasteiger partial charge >= 0.3 is 0 Å². The molecular weight excluding hydrogens is 294 g/mol. The van der Waals surface area contributed by atoms with Crippen LogP contribution in [0.3, 0.4) is 0 Å². The number of hydrogen-bond donors (Lipinski definition) is 2. The van der Waals surface area contributed by atoms with E-state index >= 15 is 0 Å². The van der Waals surface area contributed by atoms with Gasteiger partial charge in [-0.1, -0.05) is 6.92 Å². The van der Waals surface area contributed by atoms with Crippen LogP contribution in [0.15, 0.2) is 17.2 Å². The molecule has 2 N–H and O–H groups in total. The number of carbonyl (C=O) groups excluding carboxylic acids is 1. The highest BCUT2D eigenvalue weighted by atomic mass is 32.2. The maximum absolute atomic E-state index is 12.7. The van der Waals surface area contributed by atoms with E-state index in [-0.39, 0.29) is 29.0 Å². The van der Waals surface area contributed by atoms with Crippen molar-refractivity contribution in [3.8, 4) is 0 Å². The second-order valence-corrected chi connectivity index (χ2v) is 7.27. The van der Waals surface area contributed by atoms with Gasteiger partial charge in [-0.15, -0.1) is 0 Å². The fraction of sp³-hybridized carbons (Fsp3) is 0.615. The van der Waals surface area contributed by atoms with Crippen molar-refractivity contribution in [1.29, 1.82) is 0 Å². The Kier molecular flexibility index (Phi) is 4.40. The van der Waals surface area contributed by atoms with E-state index in [1.54, 1.807) is 7.05 Å². The molecule has 0 aromatic carbocycles. The van der Waals surface area contributed by atoms with E-state index in [9.17, 15) is 18.3 Å². The lowest BCUT2D eigenvalue weighted by molar-refractivity contribution is 0.0955. The molecule has 2 atom stereocenters. The molecule has 0 radical (unpaired) electrons. The summed E-state index contributed by atoms with van der Waals surface area (Å²) < 4.78 is 28.2. The first-order chi connectivity index (χ1) is 9.82. The minimum atomic E-state index is -3.70. The van der Waals surface area contributed by atoms with Gasteiger partial charge in [0.15, 0.2) is 0 Å². The lowest BCUT2D eigenvalue weighted by Crippen LogP contribution is -2.39. The quantitative estimate of drug-likeness (QED) is 0.803. The summed E-state index contributed by atoms with van der Waals surface area (Å²) in [5.41, 5.74) is 0.281. The molecule has 0 aliphatic carbocycles. The zero-order chi connectivity index (χ0) is 15.8. The number of carbonyl (C=O) groups is 1. The smallest absolute Gasteiger partial charge is 0.267 e. The van der Waals surface area contributed by atoms with Crippen LogP contribution in [0.5, 0.6) is 0 Å². The number of nitrogens with zero attached hydrogens (tertiary/aromatic N) is 2. The van der Waals surface area contributed by atoms with Crippen molar-refractivity contribution in [2.75, 3.05) is 20.2 Å². The van der Waals surface area contributed by atoms with E-state index in [1.165, 1.54) is 28.2 Å². The average Bonchev–Trinajstić information content (AvgIpc) is 3.01. The van der Waals surface area contributed by atoms with Gasteiger partial charge in [0.1, 0.15) is 10.6 Å². The van der Waals surface area contributed by atoms with Crippen LogP contribution in [0.4, 0.5) is 0 Å². The highest BCUT2D eigenvalue weighted by molar-refractivity contribution is 7.89. The Bertz CT molecular complexity index is 638. The molecule has 1 aliphatic heterocycles. The topological polar surface area (TPSA) is 91.6 Å². The Hall–Kier alpha value is -1.38. The monoisotopic (exact) mass is 315 g/mol. The van der Waals surface area contributed by atoms with Crippen LogP contribution >= 0.6 is 0 Å². The Balaban J connectivity index is 2.39. The Morgan fingerprint density at radius 2 is 2.19 bits per heavy atom. The summed E-state index contributed by atoms with van der Waals surface area (Å²) in [5.74, 6) is -0.223. The molecule has 0 bridgehead atoms. The molecule has 118 valence electrons. The lowest BCUT2D eigenvalue weighted by Gasteiger charge is -2.23. The molecule has 2 heterocycles. The zero-order valence-electron chi connectivity index (χ0n) is 12.4. The first-order valence-corrected chi connectivity index (χ1v) is 8.28. The summed E-state index contributed by atoms with van der Waals surface area (Å²) in [6.07, 6.45) is 2.15. The number of aliphatic hydroxyl groups is 1. The standard InChI is InChI=1S/C13H21N3O4S/c1-9-4-5-16(12(9)8-17)21(19,20)10-6-11(13(18)14-2)15(3)7-10/h6-7,9,12,17H,4-5,8H2,1-3H3,(H,14,18).